The Bertz CT molecular complexity index is 1170. The number of nitrogens with two attached hydrogens (primary N) is 1. The van der Waals surface area contributed by atoms with E-state index in [9.17, 15) is 21.3 Å². The highest BCUT2D eigenvalue weighted by atomic mass is 36.0. The topological polar surface area (TPSA) is 175 Å². The SMILES string of the molecule is NS(=O)(=O)c1ccccc1.O=S(=O)(Cl)Cl.O=S(=O)(Cl)Cl.O=S(=O)(NF)c1ccccc1. The Morgan fingerprint density at radius 2 is 0.871 bits per heavy atom. The van der Waals surface area contributed by atoms with Crippen molar-refractivity contribution in [1.29, 1.82) is 0 Å². The van der Waals surface area contributed by atoms with Crippen molar-refractivity contribution in [2.75, 3.05) is 0 Å². The largest absolute Gasteiger partial charge is 0.317 e. The van der Waals surface area contributed by atoms with E-state index in [2.05, 4.69) is 42.7 Å². The van der Waals surface area contributed by atoms with Crippen LogP contribution in [0.25, 0.3) is 0 Å². The van der Waals surface area contributed by atoms with Crippen LogP contribution in [0, 0.1) is 0 Å². The van der Waals surface area contributed by atoms with Crippen LogP contribution in [0.3, 0.4) is 0 Å². The second-order valence-electron chi connectivity index (χ2n) is 4.51. The van der Waals surface area contributed by atoms with Crippen molar-refractivity contribution in [2.24, 2.45) is 5.14 Å². The molecule has 2 aromatic carbocycles. The van der Waals surface area contributed by atoms with Gasteiger partial charge in [-0.2, -0.15) is 16.8 Å². The maximum absolute atomic E-state index is 11.6. The van der Waals surface area contributed by atoms with Crippen LogP contribution in [0.5, 0.6) is 0 Å². The molecule has 0 saturated heterocycles. The summed E-state index contributed by atoms with van der Waals surface area (Å²) in [5.74, 6) is 0. The van der Waals surface area contributed by atoms with Crippen LogP contribution in [-0.4, -0.2) is 33.7 Å². The molecule has 19 heteroatoms. The monoisotopic (exact) mass is 600 g/mol. The normalized spacial score (nSPS) is 11.4. The summed E-state index contributed by atoms with van der Waals surface area (Å²) in [7, 11) is 2.21. The van der Waals surface area contributed by atoms with Crippen LogP contribution in [0.4, 0.5) is 4.48 Å². The van der Waals surface area contributed by atoms with Gasteiger partial charge in [0.25, 0.3) is 10.0 Å². The Morgan fingerprint density at radius 3 is 1.06 bits per heavy atom. The highest BCUT2D eigenvalue weighted by Gasteiger charge is 2.11. The number of rotatable bonds is 3. The van der Waals surface area contributed by atoms with Gasteiger partial charge in [0, 0.05) is 42.7 Å². The Kier molecular flexibility index (Phi) is 15.1. The fourth-order valence-corrected chi connectivity index (χ4v) is 2.40. The van der Waals surface area contributed by atoms with Gasteiger partial charge in [-0.1, -0.05) is 36.4 Å². The van der Waals surface area contributed by atoms with E-state index < -0.39 is 36.6 Å². The van der Waals surface area contributed by atoms with Gasteiger partial charge in [-0.05, 0) is 29.2 Å². The third-order valence-electron chi connectivity index (χ3n) is 2.23. The van der Waals surface area contributed by atoms with Crippen molar-refractivity contribution in [3.8, 4) is 0 Å². The van der Waals surface area contributed by atoms with Gasteiger partial charge >= 0.3 is 16.5 Å². The molecule has 0 spiro atoms. The van der Waals surface area contributed by atoms with E-state index in [0.29, 0.717) is 0 Å². The fourth-order valence-electron chi connectivity index (χ4n) is 1.25. The van der Waals surface area contributed by atoms with Crippen molar-refractivity contribution >= 4 is 79.3 Å². The smallest absolute Gasteiger partial charge is 0.225 e. The van der Waals surface area contributed by atoms with Crippen molar-refractivity contribution < 1.29 is 38.2 Å². The highest BCUT2D eigenvalue weighted by Crippen LogP contribution is 2.06. The van der Waals surface area contributed by atoms with Crippen molar-refractivity contribution in [3.05, 3.63) is 60.7 Å². The van der Waals surface area contributed by atoms with Gasteiger partial charge in [-0.15, -0.1) is 4.48 Å². The van der Waals surface area contributed by atoms with E-state index in [0.717, 1.165) is 4.94 Å². The molecule has 0 unspecified atom stereocenters. The van der Waals surface area contributed by atoms with E-state index in [1.807, 2.05) is 0 Å². The number of hydrogen-bond donors (Lipinski definition) is 2. The molecule has 0 bridgehead atoms. The van der Waals surface area contributed by atoms with Gasteiger partial charge < -0.3 is 0 Å². The Hall–Kier alpha value is -0.750. The molecule has 0 heterocycles. The van der Waals surface area contributed by atoms with E-state index >= 15 is 0 Å². The lowest BCUT2D eigenvalue weighted by molar-refractivity contribution is 0.425. The predicted octanol–water partition coefficient (Wildman–Crippen LogP) is 2.60. The number of hydrogen-bond acceptors (Lipinski definition) is 8. The van der Waals surface area contributed by atoms with Crippen molar-refractivity contribution in [3.63, 3.8) is 0 Å². The standard InChI is InChI=1S/C6H6FNO2S.C6H7NO2S.2Cl2O2S/c7-8-11(9,10)6-4-2-1-3-5-6;7-10(8,9)6-4-2-1-3-5-6;2*1-5(2,3)4/h1-5,8H;1-5H,(H2,7,8,9);;. The fraction of sp³-hybridized carbons (Fsp3) is 0. The lowest BCUT2D eigenvalue weighted by Crippen LogP contribution is -2.14. The third-order valence-corrected chi connectivity index (χ3v) is 4.25. The first-order valence-electron chi connectivity index (χ1n) is 6.81. The zero-order valence-corrected chi connectivity index (χ0v) is 20.9. The molecule has 2 rings (SSSR count). The molecule has 0 fully saturated rings. The summed E-state index contributed by atoms with van der Waals surface area (Å²) in [5, 5.41) is 4.83. The minimum absolute atomic E-state index is 0.0810. The third kappa shape index (κ3) is 23.7. The van der Waals surface area contributed by atoms with E-state index in [4.69, 9.17) is 22.0 Å². The molecule has 3 N–H and O–H groups in total. The maximum atomic E-state index is 11.6. The molecular weight excluding hydrogens is 589 g/mol. The molecule has 0 aliphatic carbocycles. The maximum Gasteiger partial charge on any atom is 0.317 e. The minimum Gasteiger partial charge on any atom is -0.225 e. The average Bonchev–Trinajstić information content (AvgIpc) is 2.60. The summed E-state index contributed by atoms with van der Waals surface area (Å²) < 4.78 is 90.9. The first kappa shape index (κ1) is 32.4. The van der Waals surface area contributed by atoms with Crippen LogP contribution < -0.4 is 10.1 Å². The van der Waals surface area contributed by atoms with Crippen LogP contribution >= 0.6 is 42.7 Å². The van der Waals surface area contributed by atoms with Gasteiger partial charge in [0.15, 0.2) is 0 Å². The molecule has 0 saturated carbocycles. The summed E-state index contributed by atoms with van der Waals surface area (Å²) in [6.45, 7) is 0. The van der Waals surface area contributed by atoms with Crippen LogP contribution in [0.2, 0.25) is 0 Å². The quantitative estimate of drug-likeness (QED) is 0.398. The number of nitrogens with one attached hydrogen (secondary N) is 1. The average molecular weight is 602 g/mol. The van der Waals surface area contributed by atoms with E-state index in [1.165, 1.54) is 36.4 Å². The Labute approximate surface area is 196 Å². The molecule has 0 atom stereocenters. The molecule has 0 radical (unpaired) electrons. The van der Waals surface area contributed by atoms with Gasteiger partial charge in [-0.25, -0.2) is 22.0 Å². The first-order chi connectivity index (χ1) is 13.8. The minimum atomic E-state index is -3.91. The highest BCUT2D eigenvalue weighted by molar-refractivity contribution is 8.31. The van der Waals surface area contributed by atoms with E-state index in [1.54, 1.807) is 24.3 Å². The predicted molar refractivity (Wildman–Crippen MR) is 117 cm³/mol. The zero-order valence-electron chi connectivity index (χ0n) is 14.6. The number of sulfonamides is 2. The molecule has 31 heavy (non-hydrogen) atoms. The molecule has 0 aliphatic heterocycles. The first-order valence-corrected chi connectivity index (χ1v) is 16.1. The zero-order chi connectivity index (χ0) is 24.9. The summed E-state index contributed by atoms with van der Waals surface area (Å²) in [4.78, 5) is 0.797. The lowest BCUT2D eigenvalue weighted by atomic mass is 10.4. The van der Waals surface area contributed by atoms with Gasteiger partial charge in [0.2, 0.25) is 10.0 Å². The Morgan fingerprint density at radius 1 is 0.613 bits per heavy atom. The van der Waals surface area contributed by atoms with E-state index in [-0.39, 0.29) is 9.79 Å². The molecular formula is C12H13Cl4FN2O8S4. The number of benzene rings is 2. The van der Waals surface area contributed by atoms with Crippen LogP contribution in [-0.2, 0) is 36.6 Å². The van der Waals surface area contributed by atoms with Gasteiger partial charge in [0.05, 0.1) is 9.79 Å². The summed E-state index contributed by atoms with van der Waals surface area (Å²) in [6.07, 6.45) is 0. The molecule has 178 valence electrons. The summed E-state index contributed by atoms with van der Waals surface area (Å²) in [5.41, 5.74) is 0. The van der Waals surface area contributed by atoms with Gasteiger partial charge in [0.1, 0.15) is 0 Å². The van der Waals surface area contributed by atoms with Gasteiger partial charge in [-0.3, -0.25) is 0 Å². The molecule has 2 aromatic rings. The van der Waals surface area contributed by atoms with Crippen LogP contribution in [0.15, 0.2) is 70.5 Å². The lowest BCUT2D eigenvalue weighted by Gasteiger charge is -1.96. The molecule has 10 nitrogen and oxygen atoms in total. The van der Waals surface area contributed by atoms with Crippen LogP contribution in [0.1, 0.15) is 0 Å². The molecule has 0 amide bonds. The summed E-state index contributed by atoms with van der Waals surface area (Å²) in [6, 6.07) is 15.2. The number of primary sulfonamides is 1. The molecule has 0 aromatic heterocycles. The van der Waals surface area contributed by atoms with Crippen molar-refractivity contribution in [2.45, 2.75) is 9.79 Å². The second-order valence-corrected chi connectivity index (χ2v) is 15.0. The summed E-state index contributed by atoms with van der Waals surface area (Å²) >= 11 is 0. The Balaban J connectivity index is 0. The number of halogens is 5. The molecule has 0 aliphatic rings. The van der Waals surface area contributed by atoms with Crippen molar-refractivity contribution in [1.82, 2.24) is 4.94 Å². The second kappa shape index (κ2) is 14.4.